The number of hydrogen-bond donors (Lipinski definition) is 1. The molecule has 0 amide bonds. The van der Waals surface area contributed by atoms with Crippen LogP contribution in [-0.2, 0) is 16.0 Å². The number of nitrogens with one attached hydrogen (secondary N) is 1. The fourth-order valence-electron chi connectivity index (χ4n) is 1.89. The number of benzene rings is 1. The van der Waals surface area contributed by atoms with E-state index in [4.69, 9.17) is 14.7 Å². The van der Waals surface area contributed by atoms with Gasteiger partial charge in [0.1, 0.15) is 0 Å². The molecule has 0 saturated heterocycles. The lowest BCUT2D eigenvalue weighted by Gasteiger charge is -2.08. The first-order valence-electron chi connectivity index (χ1n) is 7.05. The molecule has 0 heterocycles. The van der Waals surface area contributed by atoms with E-state index in [0.717, 1.165) is 38.1 Å². The highest BCUT2D eigenvalue weighted by Crippen LogP contribution is 2.10. The summed E-state index contributed by atoms with van der Waals surface area (Å²) in [6.07, 6.45) is 2.16. The maximum Gasteiger partial charge on any atom is 0.0991 e. The average Bonchev–Trinajstić information content (AvgIpc) is 2.47. The Labute approximate surface area is 121 Å². The zero-order valence-electron chi connectivity index (χ0n) is 12.4. The van der Waals surface area contributed by atoms with Crippen LogP contribution in [0.3, 0.4) is 0 Å². The molecule has 0 unspecified atom stereocenters. The number of hydrogen-bond acceptors (Lipinski definition) is 4. The molecule has 0 saturated carbocycles. The number of nitriles is 1. The lowest BCUT2D eigenvalue weighted by atomic mass is 10.1. The van der Waals surface area contributed by atoms with Gasteiger partial charge in [-0.2, -0.15) is 5.26 Å². The van der Waals surface area contributed by atoms with E-state index < -0.39 is 0 Å². The minimum atomic E-state index is 0.663. The zero-order valence-corrected chi connectivity index (χ0v) is 12.4. The molecule has 0 aromatic heterocycles. The molecule has 20 heavy (non-hydrogen) atoms. The van der Waals surface area contributed by atoms with Crippen LogP contribution in [0.1, 0.15) is 29.5 Å². The molecular formula is C16H24N2O2. The Morgan fingerprint density at radius 3 is 2.75 bits per heavy atom. The number of aryl methyl sites for hydroxylation is 1. The van der Waals surface area contributed by atoms with Crippen LogP contribution in [0.25, 0.3) is 0 Å². The minimum absolute atomic E-state index is 0.663. The van der Waals surface area contributed by atoms with E-state index in [1.807, 2.05) is 25.1 Å². The number of nitrogens with zero attached hydrogens (tertiary/aromatic N) is 1. The minimum Gasteiger partial charge on any atom is -0.382 e. The van der Waals surface area contributed by atoms with Gasteiger partial charge in [-0.15, -0.1) is 0 Å². The Kier molecular flexibility index (Phi) is 8.64. The predicted octanol–water partition coefficient (Wildman–Crippen LogP) is 2.40. The fourth-order valence-corrected chi connectivity index (χ4v) is 1.89. The van der Waals surface area contributed by atoms with E-state index in [1.54, 1.807) is 7.11 Å². The van der Waals surface area contributed by atoms with E-state index in [2.05, 4.69) is 11.4 Å². The molecule has 0 atom stereocenters. The smallest absolute Gasteiger partial charge is 0.0991 e. The molecule has 0 aliphatic carbocycles. The molecule has 0 fully saturated rings. The summed E-state index contributed by atoms with van der Waals surface area (Å²) in [5.74, 6) is 0. The van der Waals surface area contributed by atoms with Crippen molar-refractivity contribution in [1.82, 2.24) is 5.32 Å². The third-order valence-corrected chi connectivity index (χ3v) is 3.11. The Hall–Kier alpha value is -1.41. The molecule has 1 rings (SSSR count). The van der Waals surface area contributed by atoms with Crippen LogP contribution in [0.5, 0.6) is 0 Å². The van der Waals surface area contributed by atoms with Gasteiger partial charge in [0.2, 0.25) is 0 Å². The lowest BCUT2D eigenvalue weighted by Crippen LogP contribution is -2.16. The van der Waals surface area contributed by atoms with E-state index in [-0.39, 0.29) is 0 Å². The van der Waals surface area contributed by atoms with Crippen molar-refractivity contribution in [3.05, 3.63) is 34.9 Å². The van der Waals surface area contributed by atoms with Crippen LogP contribution in [0.4, 0.5) is 0 Å². The van der Waals surface area contributed by atoms with Crippen molar-refractivity contribution in [2.45, 2.75) is 26.3 Å². The van der Waals surface area contributed by atoms with Crippen molar-refractivity contribution >= 4 is 0 Å². The second kappa shape index (κ2) is 10.4. The first kappa shape index (κ1) is 16.6. The average molecular weight is 276 g/mol. The van der Waals surface area contributed by atoms with Crippen LogP contribution in [0.2, 0.25) is 0 Å². The maximum absolute atomic E-state index is 8.82. The van der Waals surface area contributed by atoms with Gasteiger partial charge < -0.3 is 14.8 Å². The summed E-state index contributed by atoms with van der Waals surface area (Å²) in [6, 6.07) is 7.98. The van der Waals surface area contributed by atoms with Crippen molar-refractivity contribution in [2.24, 2.45) is 0 Å². The summed E-state index contributed by atoms with van der Waals surface area (Å²) in [6.45, 7) is 6.00. The van der Waals surface area contributed by atoms with Gasteiger partial charge in [-0.3, -0.25) is 0 Å². The highest BCUT2D eigenvalue weighted by molar-refractivity contribution is 5.37. The van der Waals surface area contributed by atoms with Gasteiger partial charge >= 0.3 is 0 Å². The standard InChI is InChI=1S/C16H24N2O2/c1-14-11-15(12-17)5-6-16(14)13-18-7-3-4-8-20-10-9-19-2/h5-6,11,18H,3-4,7-10,13H2,1-2H3. The topological polar surface area (TPSA) is 54.3 Å². The van der Waals surface area contributed by atoms with Crippen LogP contribution >= 0.6 is 0 Å². The molecule has 4 nitrogen and oxygen atoms in total. The molecule has 4 heteroatoms. The van der Waals surface area contributed by atoms with Gasteiger partial charge in [-0.1, -0.05) is 6.07 Å². The molecule has 0 spiro atoms. The summed E-state index contributed by atoms with van der Waals surface area (Å²) in [5.41, 5.74) is 3.14. The van der Waals surface area contributed by atoms with Gasteiger partial charge in [0.05, 0.1) is 24.8 Å². The van der Waals surface area contributed by atoms with Crippen molar-refractivity contribution in [3.8, 4) is 6.07 Å². The molecule has 1 aromatic rings. The van der Waals surface area contributed by atoms with E-state index in [1.165, 1.54) is 11.1 Å². The maximum atomic E-state index is 8.82. The van der Waals surface area contributed by atoms with Crippen LogP contribution in [0.15, 0.2) is 18.2 Å². The summed E-state index contributed by atoms with van der Waals surface area (Å²) in [5, 5.41) is 12.2. The van der Waals surface area contributed by atoms with Crippen molar-refractivity contribution in [1.29, 1.82) is 5.26 Å². The normalized spacial score (nSPS) is 10.4. The summed E-state index contributed by atoms with van der Waals surface area (Å²) >= 11 is 0. The van der Waals surface area contributed by atoms with Gasteiger partial charge in [-0.25, -0.2) is 0 Å². The second-order valence-corrected chi connectivity index (χ2v) is 4.74. The lowest BCUT2D eigenvalue weighted by molar-refractivity contribution is 0.0688. The Morgan fingerprint density at radius 1 is 1.20 bits per heavy atom. The number of rotatable bonds is 10. The third kappa shape index (κ3) is 6.67. The largest absolute Gasteiger partial charge is 0.382 e. The van der Waals surface area contributed by atoms with E-state index in [9.17, 15) is 0 Å². The first-order valence-corrected chi connectivity index (χ1v) is 7.05. The summed E-state index contributed by atoms with van der Waals surface area (Å²) in [4.78, 5) is 0. The molecule has 0 bridgehead atoms. The van der Waals surface area contributed by atoms with E-state index in [0.29, 0.717) is 13.2 Å². The molecule has 1 N–H and O–H groups in total. The number of unbranched alkanes of at least 4 members (excludes halogenated alkanes) is 1. The van der Waals surface area contributed by atoms with Crippen LogP contribution in [-0.4, -0.2) is 33.5 Å². The van der Waals surface area contributed by atoms with Gasteiger partial charge in [0, 0.05) is 20.3 Å². The second-order valence-electron chi connectivity index (χ2n) is 4.74. The number of ether oxygens (including phenoxy) is 2. The Balaban J connectivity index is 2.08. The Morgan fingerprint density at radius 2 is 2.05 bits per heavy atom. The monoisotopic (exact) mass is 276 g/mol. The summed E-state index contributed by atoms with van der Waals surface area (Å²) in [7, 11) is 1.68. The van der Waals surface area contributed by atoms with Crippen molar-refractivity contribution < 1.29 is 9.47 Å². The first-order chi connectivity index (χ1) is 9.77. The van der Waals surface area contributed by atoms with Crippen molar-refractivity contribution in [2.75, 3.05) is 33.5 Å². The van der Waals surface area contributed by atoms with E-state index >= 15 is 0 Å². The highest BCUT2D eigenvalue weighted by atomic mass is 16.5. The van der Waals surface area contributed by atoms with Gasteiger partial charge in [0.15, 0.2) is 0 Å². The molecule has 0 radical (unpaired) electrons. The molecule has 110 valence electrons. The molecule has 0 aliphatic heterocycles. The molecular weight excluding hydrogens is 252 g/mol. The van der Waals surface area contributed by atoms with Gasteiger partial charge in [-0.05, 0) is 49.6 Å². The fraction of sp³-hybridized carbons (Fsp3) is 0.562. The van der Waals surface area contributed by atoms with Crippen LogP contribution in [0, 0.1) is 18.3 Å². The van der Waals surface area contributed by atoms with Crippen molar-refractivity contribution in [3.63, 3.8) is 0 Å². The number of methoxy groups -OCH3 is 1. The SMILES string of the molecule is COCCOCCCCNCc1ccc(C#N)cc1C. The van der Waals surface area contributed by atoms with Gasteiger partial charge in [0.25, 0.3) is 0 Å². The zero-order chi connectivity index (χ0) is 14.6. The molecule has 1 aromatic carbocycles. The third-order valence-electron chi connectivity index (χ3n) is 3.11. The molecule has 0 aliphatic rings. The predicted molar refractivity (Wildman–Crippen MR) is 79.5 cm³/mol. The quantitative estimate of drug-likeness (QED) is 0.667. The Bertz CT molecular complexity index is 427. The summed E-state index contributed by atoms with van der Waals surface area (Å²) < 4.78 is 10.3. The highest BCUT2D eigenvalue weighted by Gasteiger charge is 1.99. The van der Waals surface area contributed by atoms with Crippen LogP contribution < -0.4 is 5.32 Å².